The fourth-order valence-corrected chi connectivity index (χ4v) is 4.63. The summed E-state index contributed by atoms with van der Waals surface area (Å²) in [5.74, 6) is -0.486. The number of fused-ring (bicyclic) bond motifs is 1. The second-order valence-corrected chi connectivity index (χ2v) is 9.58. The van der Waals surface area contributed by atoms with E-state index in [4.69, 9.17) is 15.7 Å². The fraction of sp³-hybridized carbons (Fsp3) is 0.233. The van der Waals surface area contributed by atoms with Crippen molar-refractivity contribution in [3.8, 4) is 6.07 Å². The highest BCUT2D eigenvalue weighted by Gasteiger charge is 2.46. The van der Waals surface area contributed by atoms with E-state index in [9.17, 15) is 9.59 Å². The number of nitrogens with zero attached hydrogens (tertiary/aromatic N) is 2. The number of carbonyl (C=O) groups excluding carboxylic acids is 2. The SMILES string of the molecule is N#Cc1ccc(NC(=O)C(NCCN2CC3OCC32)c2ccc(/C=C/C(=O)Nc3ccccc3N)cc2)cc1. The number of nitrogens with two attached hydrogens (primary N) is 1. The molecule has 39 heavy (non-hydrogen) atoms. The van der Waals surface area contributed by atoms with Gasteiger partial charge in [-0.25, -0.2) is 0 Å². The molecule has 2 amide bonds. The summed E-state index contributed by atoms with van der Waals surface area (Å²) in [4.78, 5) is 28.0. The normalized spacial score (nSPS) is 18.7. The molecule has 9 nitrogen and oxygen atoms in total. The molecule has 0 radical (unpaired) electrons. The molecule has 0 aliphatic carbocycles. The van der Waals surface area contributed by atoms with Crippen molar-refractivity contribution < 1.29 is 14.3 Å². The molecule has 2 saturated heterocycles. The Bertz CT molecular complexity index is 1400. The van der Waals surface area contributed by atoms with Crippen LogP contribution in [0, 0.1) is 11.3 Å². The molecule has 0 spiro atoms. The second-order valence-electron chi connectivity index (χ2n) is 9.58. The average Bonchev–Trinajstić information content (AvgIpc) is 2.94. The number of amides is 2. The monoisotopic (exact) mass is 522 g/mol. The van der Waals surface area contributed by atoms with Gasteiger partial charge in [-0.05, 0) is 53.6 Å². The van der Waals surface area contributed by atoms with Gasteiger partial charge in [0.2, 0.25) is 11.8 Å². The number of nitrogen functional groups attached to an aromatic ring is 1. The van der Waals surface area contributed by atoms with Gasteiger partial charge in [-0.3, -0.25) is 14.5 Å². The molecule has 0 saturated carbocycles. The van der Waals surface area contributed by atoms with Crippen LogP contribution in [0.2, 0.25) is 0 Å². The lowest BCUT2D eigenvalue weighted by Gasteiger charge is -2.55. The summed E-state index contributed by atoms with van der Waals surface area (Å²) in [6, 6.07) is 23.3. The van der Waals surface area contributed by atoms with Gasteiger partial charge in [-0.15, -0.1) is 0 Å². The molecule has 2 fully saturated rings. The lowest BCUT2D eigenvalue weighted by molar-refractivity contribution is -0.213. The summed E-state index contributed by atoms with van der Waals surface area (Å²) in [7, 11) is 0. The predicted molar refractivity (Wildman–Crippen MR) is 151 cm³/mol. The van der Waals surface area contributed by atoms with Crippen LogP contribution < -0.4 is 21.7 Å². The molecule has 5 rings (SSSR count). The molecule has 9 heteroatoms. The number of anilines is 3. The number of likely N-dealkylation sites (tertiary alicyclic amines) is 1. The van der Waals surface area contributed by atoms with Crippen LogP contribution in [0.25, 0.3) is 6.08 Å². The Balaban J connectivity index is 1.23. The topological polar surface area (TPSA) is 133 Å². The average molecular weight is 523 g/mol. The van der Waals surface area contributed by atoms with Crippen LogP contribution in [0.1, 0.15) is 22.7 Å². The summed E-state index contributed by atoms with van der Waals surface area (Å²) in [6.07, 6.45) is 3.52. The Morgan fingerprint density at radius 3 is 2.49 bits per heavy atom. The number of benzene rings is 3. The lowest BCUT2D eigenvalue weighted by Crippen LogP contribution is -2.71. The molecule has 0 bridgehead atoms. The Hall–Kier alpha value is -4.49. The van der Waals surface area contributed by atoms with Gasteiger partial charge < -0.3 is 26.4 Å². The van der Waals surface area contributed by atoms with E-state index in [1.54, 1.807) is 54.6 Å². The number of morpholine rings is 1. The van der Waals surface area contributed by atoms with Crippen LogP contribution in [0.3, 0.4) is 0 Å². The van der Waals surface area contributed by atoms with Gasteiger partial charge in [0.15, 0.2) is 0 Å². The van der Waals surface area contributed by atoms with E-state index in [1.165, 1.54) is 6.08 Å². The summed E-state index contributed by atoms with van der Waals surface area (Å²) in [5.41, 5.74) is 9.70. The molecule has 198 valence electrons. The summed E-state index contributed by atoms with van der Waals surface area (Å²) in [5, 5.41) is 18.1. The highest BCUT2D eigenvalue weighted by atomic mass is 16.5. The maximum atomic E-state index is 13.3. The molecule has 0 aromatic heterocycles. The van der Waals surface area contributed by atoms with Crippen molar-refractivity contribution in [1.29, 1.82) is 5.26 Å². The third kappa shape index (κ3) is 6.33. The van der Waals surface area contributed by atoms with E-state index in [0.717, 1.165) is 30.8 Å². The van der Waals surface area contributed by atoms with Crippen LogP contribution >= 0.6 is 0 Å². The van der Waals surface area contributed by atoms with E-state index < -0.39 is 6.04 Å². The quantitative estimate of drug-likeness (QED) is 0.238. The van der Waals surface area contributed by atoms with Gasteiger partial charge >= 0.3 is 0 Å². The predicted octanol–water partition coefficient (Wildman–Crippen LogP) is 3.14. The molecular formula is C30H30N6O3. The standard InChI is InChI=1S/C30H30N6O3/c31-17-21-7-12-23(13-8-21)34-30(38)29(33-15-16-36-18-27-26(36)19-39-27)22-10-5-20(6-11-22)9-14-28(37)35-25-4-2-1-3-24(25)32/h1-14,26-27,29,33H,15-16,18-19,32H2,(H,34,38)(H,35,37)/b14-9+. The first kappa shape index (κ1) is 26.1. The smallest absolute Gasteiger partial charge is 0.248 e. The molecule has 3 unspecified atom stereocenters. The first-order chi connectivity index (χ1) is 19.0. The Morgan fingerprint density at radius 1 is 1.08 bits per heavy atom. The zero-order valence-electron chi connectivity index (χ0n) is 21.3. The molecule has 2 heterocycles. The minimum atomic E-state index is -0.585. The van der Waals surface area contributed by atoms with E-state index >= 15 is 0 Å². The summed E-state index contributed by atoms with van der Waals surface area (Å²) >= 11 is 0. The number of ether oxygens (including phenoxy) is 1. The number of para-hydroxylation sites is 2. The fourth-order valence-electron chi connectivity index (χ4n) is 4.63. The van der Waals surface area contributed by atoms with Gasteiger partial charge in [0.25, 0.3) is 0 Å². The van der Waals surface area contributed by atoms with Crippen molar-refractivity contribution in [2.24, 2.45) is 0 Å². The number of carbonyl (C=O) groups is 2. The molecule has 3 aromatic rings. The Kier molecular flexibility index (Phi) is 7.99. The minimum Gasteiger partial charge on any atom is -0.397 e. The Morgan fingerprint density at radius 2 is 1.85 bits per heavy atom. The molecule has 2 aliphatic heterocycles. The third-order valence-electron chi connectivity index (χ3n) is 7.00. The molecular weight excluding hydrogens is 492 g/mol. The lowest BCUT2D eigenvalue weighted by atomic mass is 9.95. The van der Waals surface area contributed by atoms with Gasteiger partial charge in [0.05, 0.1) is 41.8 Å². The number of nitrogens with one attached hydrogen (secondary N) is 3. The molecule has 3 atom stereocenters. The van der Waals surface area contributed by atoms with Crippen LogP contribution in [-0.4, -0.2) is 55.1 Å². The Labute approximate surface area is 227 Å². The van der Waals surface area contributed by atoms with Gasteiger partial charge in [-0.2, -0.15) is 5.26 Å². The molecule has 5 N–H and O–H groups in total. The number of rotatable bonds is 10. The maximum absolute atomic E-state index is 13.3. The van der Waals surface area contributed by atoms with Gasteiger partial charge in [-0.1, -0.05) is 36.4 Å². The van der Waals surface area contributed by atoms with Gasteiger partial charge in [0.1, 0.15) is 6.04 Å². The maximum Gasteiger partial charge on any atom is 0.248 e. The van der Waals surface area contributed by atoms with Crippen LogP contribution in [0.5, 0.6) is 0 Å². The van der Waals surface area contributed by atoms with E-state index in [2.05, 4.69) is 26.9 Å². The summed E-state index contributed by atoms with van der Waals surface area (Å²) in [6.45, 7) is 3.17. The van der Waals surface area contributed by atoms with Crippen LogP contribution in [-0.2, 0) is 14.3 Å². The van der Waals surface area contributed by atoms with Crippen molar-refractivity contribution in [3.05, 3.63) is 95.6 Å². The highest BCUT2D eigenvalue weighted by Crippen LogP contribution is 2.29. The largest absolute Gasteiger partial charge is 0.397 e. The third-order valence-corrected chi connectivity index (χ3v) is 7.00. The summed E-state index contributed by atoms with van der Waals surface area (Å²) < 4.78 is 5.48. The van der Waals surface area contributed by atoms with E-state index in [1.807, 2.05) is 24.3 Å². The zero-order valence-corrected chi connectivity index (χ0v) is 21.3. The van der Waals surface area contributed by atoms with Crippen molar-refractivity contribution in [1.82, 2.24) is 10.2 Å². The first-order valence-corrected chi connectivity index (χ1v) is 12.8. The van der Waals surface area contributed by atoms with Crippen molar-refractivity contribution in [2.75, 3.05) is 42.6 Å². The van der Waals surface area contributed by atoms with Crippen molar-refractivity contribution in [2.45, 2.75) is 18.2 Å². The minimum absolute atomic E-state index is 0.198. The second kappa shape index (κ2) is 11.9. The number of hydrogen-bond acceptors (Lipinski definition) is 7. The van der Waals surface area contributed by atoms with Crippen LogP contribution in [0.4, 0.5) is 17.1 Å². The highest BCUT2D eigenvalue weighted by molar-refractivity contribution is 6.03. The van der Waals surface area contributed by atoms with Gasteiger partial charge in [0, 0.05) is 31.4 Å². The van der Waals surface area contributed by atoms with E-state index in [-0.39, 0.29) is 11.8 Å². The van der Waals surface area contributed by atoms with Crippen LogP contribution in [0.15, 0.2) is 78.9 Å². The number of hydrogen-bond donors (Lipinski definition) is 4. The first-order valence-electron chi connectivity index (χ1n) is 12.8. The van der Waals surface area contributed by atoms with E-state index in [0.29, 0.717) is 41.3 Å². The van der Waals surface area contributed by atoms with Crippen molar-refractivity contribution >= 4 is 35.0 Å². The number of nitriles is 1. The zero-order chi connectivity index (χ0) is 27.2. The van der Waals surface area contributed by atoms with Crippen molar-refractivity contribution in [3.63, 3.8) is 0 Å². The molecule has 3 aromatic carbocycles. The molecule has 2 aliphatic rings.